The fraction of sp³-hybridized carbons (Fsp3) is 0.750. The molecule has 0 aliphatic rings. The molecule has 0 bridgehead atoms. The van der Waals surface area contributed by atoms with Crippen LogP contribution >= 0.6 is 0 Å². The zero-order chi connectivity index (χ0) is 19.2. The molecule has 1 rings (SSSR count). The van der Waals surface area contributed by atoms with E-state index in [9.17, 15) is 0 Å². The number of rotatable bonds is 15. The van der Waals surface area contributed by atoms with Crippen molar-refractivity contribution in [2.75, 3.05) is 12.3 Å². The van der Waals surface area contributed by atoms with E-state index in [-0.39, 0.29) is 0 Å². The van der Waals surface area contributed by atoms with Gasteiger partial charge in [0.1, 0.15) is 5.75 Å². The quantitative estimate of drug-likeness (QED) is 0.330. The van der Waals surface area contributed by atoms with E-state index < -0.39 is 0 Å². The summed E-state index contributed by atoms with van der Waals surface area (Å²) in [7, 11) is 0. The Balaban J connectivity index is 2.67. The molecule has 1 aromatic rings. The van der Waals surface area contributed by atoms with E-state index in [1.807, 2.05) is 6.07 Å². The van der Waals surface area contributed by atoms with Crippen molar-refractivity contribution in [3.8, 4) is 5.75 Å². The van der Waals surface area contributed by atoms with Gasteiger partial charge in [0.05, 0.1) is 6.61 Å². The number of hydrogen-bond donors (Lipinski definition) is 1. The highest BCUT2D eigenvalue weighted by molar-refractivity contribution is 5.48. The molecule has 2 N–H and O–H groups in total. The molecule has 2 nitrogen and oxygen atoms in total. The Bertz CT molecular complexity index is 471. The van der Waals surface area contributed by atoms with Crippen LogP contribution in [0.4, 0.5) is 5.69 Å². The van der Waals surface area contributed by atoms with Crippen LogP contribution in [0.15, 0.2) is 18.2 Å². The van der Waals surface area contributed by atoms with E-state index in [1.54, 1.807) is 0 Å². The lowest BCUT2D eigenvalue weighted by Crippen LogP contribution is -2.12. The summed E-state index contributed by atoms with van der Waals surface area (Å²) in [6.45, 7) is 9.96. The average molecular weight is 362 g/mol. The Morgan fingerprint density at radius 1 is 0.846 bits per heavy atom. The third kappa shape index (κ3) is 8.96. The van der Waals surface area contributed by atoms with Crippen LogP contribution in [0.5, 0.6) is 5.75 Å². The van der Waals surface area contributed by atoms with Crippen LogP contribution in [0, 0.1) is 11.8 Å². The van der Waals surface area contributed by atoms with Gasteiger partial charge in [-0.05, 0) is 54.9 Å². The number of nitrogens with two attached hydrogens (primary N) is 1. The zero-order valence-electron chi connectivity index (χ0n) is 17.9. The van der Waals surface area contributed by atoms with Crippen molar-refractivity contribution < 1.29 is 4.74 Å². The lowest BCUT2D eigenvalue weighted by molar-refractivity contribution is 0.231. The van der Waals surface area contributed by atoms with Crippen LogP contribution in [0.25, 0.3) is 0 Å². The molecule has 2 heteroatoms. The summed E-state index contributed by atoms with van der Waals surface area (Å²) in [6.07, 6.45) is 14.0. The molecule has 0 saturated carbocycles. The normalized spacial score (nSPS) is 13.5. The number of aryl methyl sites for hydroxylation is 1. The van der Waals surface area contributed by atoms with Gasteiger partial charge in [0.25, 0.3) is 0 Å². The van der Waals surface area contributed by atoms with Crippen LogP contribution in [-0.4, -0.2) is 6.61 Å². The maximum absolute atomic E-state index is 6.26. The number of hydrogen-bond acceptors (Lipinski definition) is 2. The standard InChI is InChI=1S/C24H43NO/c1-5-9-12-20(8-4)19-26-24-17-16-23(25)18-22(24)15-14-21(11-7-3)13-10-6-2/h16-18,20-21H,5-15,19,25H2,1-4H3. The van der Waals surface area contributed by atoms with Gasteiger partial charge in [0, 0.05) is 5.69 Å². The minimum atomic E-state index is 0.665. The highest BCUT2D eigenvalue weighted by Gasteiger charge is 2.13. The molecule has 150 valence electrons. The van der Waals surface area contributed by atoms with Gasteiger partial charge < -0.3 is 10.5 Å². The fourth-order valence-corrected chi connectivity index (χ4v) is 3.73. The van der Waals surface area contributed by atoms with Crippen LogP contribution < -0.4 is 10.5 Å². The minimum Gasteiger partial charge on any atom is -0.493 e. The molecule has 0 saturated heterocycles. The molecule has 0 fully saturated rings. The van der Waals surface area contributed by atoms with Gasteiger partial charge in [-0.1, -0.05) is 79.1 Å². The first kappa shape index (κ1) is 22.9. The second kappa shape index (κ2) is 13.9. The Hall–Kier alpha value is -1.18. The molecule has 0 aliphatic heterocycles. The van der Waals surface area contributed by atoms with Gasteiger partial charge in [-0.25, -0.2) is 0 Å². The summed E-state index contributed by atoms with van der Waals surface area (Å²) < 4.78 is 6.26. The average Bonchev–Trinajstić information content (AvgIpc) is 2.65. The van der Waals surface area contributed by atoms with Crippen LogP contribution in [0.2, 0.25) is 0 Å². The van der Waals surface area contributed by atoms with Crippen molar-refractivity contribution in [3.63, 3.8) is 0 Å². The fourth-order valence-electron chi connectivity index (χ4n) is 3.73. The van der Waals surface area contributed by atoms with E-state index in [0.717, 1.165) is 30.4 Å². The third-order valence-corrected chi connectivity index (χ3v) is 5.59. The summed E-state index contributed by atoms with van der Waals surface area (Å²) >= 11 is 0. The Kier molecular flexibility index (Phi) is 12.3. The number of unbranched alkanes of at least 4 members (excludes halogenated alkanes) is 2. The van der Waals surface area contributed by atoms with Gasteiger partial charge in [-0.2, -0.15) is 0 Å². The molecule has 0 amide bonds. The summed E-state index contributed by atoms with van der Waals surface area (Å²) in [5.41, 5.74) is 8.22. The first-order chi connectivity index (χ1) is 12.6. The first-order valence-corrected chi connectivity index (χ1v) is 11.2. The van der Waals surface area contributed by atoms with Crippen LogP contribution in [0.3, 0.4) is 0 Å². The van der Waals surface area contributed by atoms with Crippen molar-refractivity contribution in [2.24, 2.45) is 11.8 Å². The van der Waals surface area contributed by atoms with E-state index in [1.165, 1.54) is 69.8 Å². The molecular weight excluding hydrogens is 318 g/mol. The van der Waals surface area contributed by atoms with Gasteiger partial charge in [0.2, 0.25) is 0 Å². The number of benzene rings is 1. The maximum atomic E-state index is 6.26. The van der Waals surface area contributed by atoms with E-state index in [4.69, 9.17) is 10.5 Å². The van der Waals surface area contributed by atoms with Crippen molar-refractivity contribution in [1.82, 2.24) is 0 Å². The highest BCUT2D eigenvalue weighted by atomic mass is 16.5. The molecule has 0 aliphatic carbocycles. The van der Waals surface area contributed by atoms with Gasteiger partial charge in [-0.3, -0.25) is 0 Å². The molecule has 0 spiro atoms. The van der Waals surface area contributed by atoms with E-state index in [2.05, 4.69) is 39.8 Å². The molecular formula is C24H43NO. The molecule has 1 aromatic carbocycles. The Morgan fingerprint density at radius 2 is 1.54 bits per heavy atom. The largest absolute Gasteiger partial charge is 0.493 e. The topological polar surface area (TPSA) is 35.2 Å². The summed E-state index contributed by atoms with van der Waals surface area (Å²) in [5.74, 6) is 2.56. The monoisotopic (exact) mass is 361 g/mol. The number of ether oxygens (including phenoxy) is 1. The van der Waals surface area contributed by atoms with Gasteiger partial charge in [-0.15, -0.1) is 0 Å². The number of anilines is 1. The Labute approximate surface area is 162 Å². The predicted octanol–water partition coefficient (Wildman–Crippen LogP) is 7.40. The van der Waals surface area contributed by atoms with Crippen molar-refractivity contribution in [2.45, 2.75) is 98.3 Å². The van der Waals surface area contributed by atoms with Crippen LogP contribution in [0.1, 0.15) is 97.5 Å². The third-order valence-electron chi connectivity index (χ3n) is 5.59. The molecule has 0 radical (unpaired) electrons. The number of nitrogen functional groups attached to an aromatic ring is 1. The van der Waals surface area contributed by atoms with Gasteiger partial charge >= 0.3 is 0 Å². The Morgan fingerprint density at radius 3 is 2.15 bits per heavy atom. The van der Waals surface area contributed by atoms with Crippen LogP contribution in [-0.2, 0) is 6.42 Å². The molecule has 0 aromatic heterocycles. The van der Waals surface area contributed by atoms with Crippen molar-refractivity contribution in [3.05, 3.63) is 23.8 Å². The van der Waals surface area contributed by atoms with Crippen molar-refractivity contribution >= 4 is 5.69 Å². The van der Waals surface area contributed by atoms with E-state index >= 15 is 0 Å². The highest BCUT2D eigenvalue weighted by Crippen LogP contribution is 2.28. The zero-order valence-corrected chi connectivity index (χ0v) is 17.9. The maximum Gasteiger partial charge on any atom is 0.122 e. The summed E-state index contributed by atoms with van der Waals surface area (Å²) in [5, 5.41) is 0. The lowest BCUT2D eigenvalue weighted by Gasteiger charge is -2.20. The predicted molar refractivity (Wildman–Crippen MR) is 116 cm³/mol. The van der Waals surface area contributed by atoms with E-state index in [0.29, 0.717) is 5.92 Å². The summed E-state index contributed by atoms with van der Waals surface area (Å²) in [6, 6.07) is 6.19. The first-order valence-electron chi connectivity index (χ1n) is 11.2. The van der Waals surface area contributed by atoms with Crippen molar-refractivity contribution in [1.29, 1.82) is 0 Å². The molecule has 2 unspecified atom stereocenters. The van der Waals surface area contributed by atoms with Gasteiger partial charge in [0.15, 0.2) is 0 Å². The second-order valence-corrected chi connectivity index (χ2v) is 7.93. The lowest BCUT2D eigenvalue weighted by atomic mass is 9.90. The molecule has 2 atom stereocenters. The summed E-state index contributed by atoms with van der Waals surface area (Å²) in [4.78, 5) is 0. The molecule has 0 heterocycles. The SMILES string of the molecule is CCCCC(CCC)CCc1cc(N)ccc1OCC(CC)CCCC. The second-order valence-electron chi connectivity index (χ2n) is 7.93. The smallest absolute Gasteiger partial charge is 0.122 e. The molecule has 26 heavy (non-hydrogen) atoms. The minimum absolute atomic E-state index is 0.665.